The first-order valence-corrected chi connectivity index (χ1v) is 7.25. The summed E-state index contributed by atoms with van der Waals surface area (Å²) in [7, 11) is 0. The second-order valence-corrected chi connectivity index (χ2v) is 6.32. The van der Waals surface area contributed by atoms with Gasteiger partial charge in [0.05, 0.1) is 5.41 Å². The molecule has 0 aromatic heterocycles. The molecule has 0 heterocycles. The first-order valence-electron chi connectivity index (χ1n) is 7.25. The van der Waals surface area contributed by atoms with Gasteiger partial charge in [-0.2, -0.15) is 0 Å². The molecule has 0 fully saturated rings. The lowest BCUT2D eigenvalue weighted by molar-refractivity contribution is -0.565. The largest absolute Gasteiger partial charge is 0.264 e. The molecule has 112 valence electrons. The van der Waals surface area contributed by atoms with Gasteiger partial charge < -0.3 is 0 Å². The molecule has 0 amide bonds. The van der Waals surface area contributed by atoms with Crippen LogP contribution in [0.5, 0.6) is 0 Å². The third-order valence-corrected chi connectivity index (χ3v) is 5.86. The number of hydrogen-bond acceptors (Lipinski definition) is 2. The van der Waals surface area contributed by atoms with Gasteiger partial charge in [0, 0.05) is 17.4 Å². The lowest BCUT2D eigenvalue weighted by Gasteiger charge is -2.46. The standard InChI is InChI=1S/C18H23NO2/c1-12-13(2)15(4)18(6,19(20)21)17(5,14(12)3)16-10-8-7-9-11-16/h7-11H,1-6H3. The lowest BCUT2D eigenvalue weighted by atomic mass is 9.56. The second-order valence-electron chi connectivity index (χ2n) is 6.32. The zero-order valence-electron chi connectivity index (χ0n) is 13.7. The molecule has 0 bridgehead atoms. The van der Waals surface area contributed by atoms with Crippen molar-refractivity contribution in [2.45, 2.75) is 52.5 Å². The molecule has 0 N–H and O–H groups in total. The van der Waals surface area contributed by atoms with Crippen LogP contribution in [0.1, 0.15) is 47.1 Å². The Labute approximate surface area is 126 Å². The highest BCUT2D eigenvalue weighted by Gasteiger charge is 2.60. The second kappa shape index (κ2) is 4.83. The van der Waals surface area contributed by atoms with Crippen LogP contribution in [0, 0.1) is 10.1 Å². The van der Waals surface area contributed by atoms with Crippen molar-refractivity contribution in [3.63, 3.8) is 0 Å². The summed E-state index contributed by atoms with van der Waals surface area (Å²) in [4.78, 5) is 11.9. The van der Waals surface area contributed by atoms with E-state index in [0.717, 1.165) is 27.9 Å². The maximum atomic E-state index is 12.0. The van der Waals surface area contributed by atoms with Gasteiger partial charge in [0.15, 0.2) is 0 Å². The predicted molar refractivity (Wildman–Crippen MR) is 85.9 cm³/mol. The number of allylic oxidation sites excluding steroid dienone is 2. The maximum Gasteiger partial charge on any atom is 0.253 e. The first kappa shape index (κ1) is 15.5. The predicted octanol–water partition coefficient (Wildman–Crippen LogP) is 4.67. The molecule has 0 saturated heterocycles. The van der Waals surface area contributed by atoms with Crippen molar-refractivity contribution in [3.05, 3.63) is 68.3 Å². The number of rotatable bonds is 2. The summed E-state index contributed by atoms with van der Waals surface area (Å²) in [5.74, 6) is 0. The van der Waals surface area contributed by atoms with Crippen LogP contribution in [-0.4, -0.2) is 10.5 Å². The van der Waals surface area contributed by atoms with Crippen molar-refractivity contribution in [1.29, 1.82) is 0 Å². The summed E-state index contributed by atoms with van der Waals surface area (Å²) in [6.07, 6.45) is 0. The average Bonchev–Trinajstić information content (AvgIpc) is 2.49. The van der Waals surface area contributed by atoms with E-state index in [1.807, 2.05) is 58.0 Å². The number of nitrogens with zero attached hydrogens (tertiary/aromatic N) is 1. The first-order chi connectivity index (χ1) is 9.69. The van der Waals surface area contributed by atoms with E-state index in [-0.39, 0.29) is 4.92 Å². The fourth-order valence-corrected chi connectivity index (χ4v) is 3.63. The molecule has 0 radical (unpaired) electrons. The summed E-state index contributed by atoms with van der Waals surface area (Å²) in [6, 6.07) is 9.83. The molecule has 3 heteroatoms. The summed E-state index contributed by atoms with van der Waals surface area (Å²) < 4.78 is 0. The van der Waals surface area contributed by atoms with E-state index in [1.54, 1.807) is 6.92 Å². The number of nitro groups is 1. The topological polar surface area (TPSA) is 43.1 Å². The van der Waals surface area contributed by atoms with Crippen LogP contribution < -0.4 is 0 Å². The van der Waals surface area contributed by atoms with E-state index in [0.29, 0.717) is 0 Å². The molecule has 0 saturated carbocycles. The molecule has 2 atom stereocenters. The van der Waals surface area contributed by atoms with Gasteiger partial charge in [0.2, 0.25) is 0 Å². The van der Waals surface area contributed by atoms with Crippen molar-refractivity contribution in [2.75, 3.05) is 0 Å². The Morgan fingerprint density at radius 3 is 1.86 bits per heavy atom. The molecular formula is C18H23NO2. The van der Waals surface area contributed by atoms with E-state index in [1.165, 1.54) is 0 Å². The van der Waals surface area contributed by atoms with Crippen LogP contribution in [0.25, 0.3) is 0 Å². The summed E-state index contributed by atoms with van der Waals surface area (Å²) in [6.45, 7) is 11.7. The minimum absolute atomic E-state index is 0.116. The number of benzene rings is 1. The van der Waals surface area contributed by atoms with Gasteiger partial charge in [0.25, 0.3) is 5.54 Å². The third-order valence-electron chi connectivity index (χ3n) is 5.86. The minimum atomic E-state index is -1.14. The Hall–Kier alpha value is -1.90. The van der Waals surface area contributed by atoms with Crippen LogP contribution in [0.3, 0.4) is 0 Å². The normalized spacial score (nSPS) is 29.8. The molecule has 21 heavy (non-hydrogen) atoms. The number of hydrogen-bond donors (Lipinski definition) is 0. The Balaban J connectivity index is 2.88. The molecule has 0 aliphatic heterocycles. The average molecular weight is 285 g/mol. The van der Waals surface area contributed by atoms with Crippen molar-refractivity contribution in [1.82, 2.24) is 0 Å². The highest BCUT2D eigenvalue weighted by Crippen LogP contribution is 2.52. The van der Waals surface area contributed by atoms with E-state index < -0.39 is 11.0 Å². The van der Waals surface area contributed by atoms with E-state index in [9.17, 15) is 10.1 Å². The zero-order chi connectivity index (χ0) is 16.0. The molecule has 1 aromatic rings. The zero-order valence-corrected chi connectivity index (χ0v) is 13.7. The van der Waals surface area contributed by atoms with Gasteiger partial charge in [-0.25, -0.2) is 0 Å². The maximum absolute atomic E-state index is 12.0. The fraction of sp³-hybridized carbons (Fsp3) is 0.444. The van der Waals surface area contributed by atoms with Gasteiger partial charge in [-0.3, -0.25) is 10.1 Å². The quantitative estimate of drug-likeness (QED) is 0.585. The van der Waals surface area contributed by atoms with Crippen LogP contribution >= 0.6 is 0 Å². The Kier molecular flexibility index (Phi) is 3.56. The Bertz CT molecular complexity index is 657. The Morgan fingerprint density at radius 2 is 1.38 bits per heavy atom. The smallest absolute Gasteiger partial charge is 0.253 e. The van der Waals surface area contributed by atoms with Gasteiger partial charge >= 0.3 is 0 Å². The van der Waals surface area contributed by atoms with Crippen LogP contribution in [0.2, 0.25) is 0 Å². The Morgan fingerprint density at radius 1 is 0.905 bits per heavy atom. The van der Waals surface area contributed by atoms with Crippen molar-refractivity contribution >= 4 is 0 Å². The van der Waals surface area contributed by atoms with E-state index in [4.69, 9.17) is 0 Å². The molecular weight excluding hydrogens is 262 g/mol. The molecule has 1 aliphatic carbocycles. The van der Waals surface area contributed by atoms with Crippen LogP contribution in [0.15, 0.2) is 52.6 Å². The highest BCUT2D eigenvalue weighted by molar-refractivity contribution is 5.55. The highest BCUT2D eigenvalue weighted by atomic mass is 16.6. The van der Waals surface area contributed by atoms with E-state index >= 15 is 0 Å². The van der Waals surface area contributed by atoms with Crippen molar-refractivity contribution in [2.24, 2.45) is 0 Å². The van der Waals surface area contributed by atoms with Crippen LogP contribution in [0.4, 0.5) is 0 Å². The molecule has 3 nitrogen and oxygen atoms in total. The molecule has 2 unspecified atom stereocenters. The molecule has 1 aliphatic rings. The molecule has 1 aromatic carbocycles. The van der Waals surface area contributed by atoms with Gasteiger partial charge in [-0.05, 0) is 51.3 Å². The van der Waals surface area contributed by atoms with Gasteiger partial charge in [0.1, 0.15) is 0 Å². The van der Waals surface area contributed by atoms with Crippen molar-refractivity contribution in [3.8, 4) is 0 Å². The fourth-order valence-electron chi connectivity index (χ4n) is 3.63. The van der Waals surface area contributed by atoms with Gasteiger partial charge in [-0.1, -0.05) is 35.9 Å². The molecule has 0 spiro atoms. The SMILES string of the molecule is CC1=C(C)C(C)(c2ccccc2)C(C)([N+](=O)[O-])C(C)=C1C. The third kappa shape index (κ3) is 1.80. The van der Waals surface area contributed by atoms with E-state index in [2.05, 4.69) is 6.92 Å². The lowest BCUT2D eigenvalue weighted by Crippen LogP contribution is -2.57. The summed E-state index contributed by atoms with van der Waals surface area (Å²) >= 11 is 0. The summed E-state index contributed by atoms with van der Waals surface area (Å²) in [5.41, 5.74) is 3.34. The van der Waals surface area contributed by atoms with Gasteiger partial charge in [-0.15, -0.1) is 0 Å². The monoisotopic (exact) mass is 285 g/mol. The molecule has 2 rings (SSSR count). The summed E-state index contributed by atoms with van der Waals surface area (Å²) in [5, 5.41) is 12.0. The van der Waals surface area contributed by atoms with Crippen molar-refractivity contribution < 1.29 is 4.92 Å². The minimum Gasteiger partial charge on any atom is -0.264 e. The van der Waals surface area contributed by atoms with Crippen LogP contribution in [-0.2, 0) is 5.41 Å².